The lowest BCUT2D eigenvalue weighted by molar-refractivity contribution is -0.112. The number of nitrogens with one attached hydrogen (secondary N) is 1. The van der Waals surface area contributed by atoms with Crippen molar-refractivity contribution in [2.75, 3.05) is 5.32 Å². The number of carbonyl (C=O) groups excluding carboxylic acids is 1. The van der Waals surface area contributed by atoms with Crippen molar-refractivity contribution in [3.05, 3.63) is 98.6 Å². The average molecular weight is 503 g/mol. The molecule has 2 heterocycles. The first kappa shape index (κ1) is 22.1. The van der Waals surface area contributed by atoms with Gasteiger partial charge in [-0.05, 0) is 43.3 Å². The number of hydrogen-bond acceptors (Lipinski definition) is 4. The molecule has 0 radical (unpaired) electrons. The van der Waals surface area contributed by atoms with Gasteiger partial charge in [0.2, 0.25) is 0 Å². The monoisotopic (exact) mass is 502 g/mol. The Morgan fingerprint density at radius 3 is 2.45 bits per heavy atom. The van der Waals surface area contributed by atoms with E-state index < -0.39 is 5.91 Å². The molecule has 0 saturated heterocycles. The molecule has 2 aromatic heterocycles. The van der Waals surface area contributed by atoms with Crippen LogP contribution in [-0.2, 0) is 11.8 Å². The van der Waals surface area contributed by atoms with Crippen molar-refractivity contribution in [1.29, 1.82) is 5.26 Å². The van der Waals surface area contributed by atoms with Crippen LogP contribution >= 0.6 is 15.9 Å². The van der Waals surface area contributed by atoms with Crippen LogP contribution in [0, 0.1) is 18.3 Å². The van der Waals surface area contributed by atoms with Gasteiger partial charge in [0.25, 0.3) is 11.5 Å². The van der Waals surface area contributed by atoms with E-state index in [1.807, 2.05) is 48.5 Å². The minimum atomic E-state index is -0.690. The molecule has 0 aliphatic heterocycles. The molecule has 0 aliphatic rings. The molecule has 33 heavy (non-hydrogen) atoms. The van der Waals surface area contributed by atoms with Gasteiger partial charge < -0.3 is 9.73 Å². The highest BCUT2D eigenvalue weighted by atomic mass is 79.9. The first-order chi connectivity index (χ1) is 15.9. The van der Waals surface area contributed by atoms with Crippen LogP contribution in [0.25, 0.3) is 23.1 Å². The van der Waals surface area contributed by atoms with Gasteiger partial charge in [-0.2, -0.15) is 5.26 Å². The summed E-state index contributed by atoms with van der Waals surface area (Å²) in [7, 11) is 1.73. The van der Waals surface area contributed by atoms with E-state index in [-0.39, 0.29) is 16.8 Å². The van der Waals surface area contributed by atoms with Crippen molar-refractivity contribution in [3.8, 4) is 23.1 Å². The topological polar surface area (TPSA) is 93.0 Å². The van der Waals surface area contributed by atoms with Gasteiger partial charge in [0.1, 0.15) is 28.9 Å². The van der Waals surface area contributed by atoms with Crippen LogP contribution in [0.5, 0.6) is 0 Å². The lowest BCUT2D eigenvalue weighted by Gasteiger charge is -2.07. The third-order valence-electron chi connectivity index (χ3n) is 5.20. The summed E-state index contributed by atoms with van der Waals surface area (Å²) in [5, 5.41) is 12.1. The van der Waals surface area contributed by atoms with Crippen molar-refractivity contribution >= 4 is 33.6 Å². The number of benzene rings is 2. The van der Waals surface area contributed by atoms with E-state index in [0.717, 1.165) is 10.0 Å². The van der Waals surface area contributed by atoms with E-state index >= 15 is 0 Å². The second-order valence-electron chi connectivity index (χ2n) is 7.27. The van der Waals surface area contributed by atoms with Crippen LogP contribution in [0.3, 0.4) is 0 Å². The van der Waals surface area contributed by atoms with Crippen LogP contribution < -0.4 is 10.9 Å². The lowest BCUT2D eigenvalue weighted by atomic mass is 10.2. The molecule has 0 fully saturated rings. The normalized spacial score (nSPS) is 11.3. The summed E-state index contributed by atoms with van der Waals surface area (Å²) in [4.78, 5) is 25.8. The number of carbonyl (C=O) groups is 1. The zero-order valence-electron chi connectivity index (χ0n) is 17.9. The zero-order chi connectivity index (χ0) is 23.5. The van der Waals surface area contributed by atoms with Crippen LogP contribution in [-0.4, -0.2) is 15.3 Å². The first-order valence-electron chi connectivity index (χ1n) is 10.0. The van der Waals surface area contributed by atoms with Gasteiger partial charge in [0, 0.05) is 23.2 Å². The molecule has 7 nitrogen and oxygen atoms in total. The van der Waals surface area contributed by atoms with Crippen molar-refractivity contribution in [2.24, 2.45) is 7.05 Å². The molecule has 0 bridgehead atoms. The summed E-state index contributed by atoms with van der Waals surface area (Å²) < 4.78 is 9.83. The Morgan fingerprint density at radius 2 is 1.79 bits per heavy atom. The summed E-state index contributed by atoms with van der Waals surface area (Å²) in [6.45, 7) is 1.73. The Hall–Kier alpha value is -4.09. The highest BCUT2D eigenvalue weighted by Crippen LogP contribution is 2.25. The number of para-hydroxylation sites is 1. The predicted molar refractivity (Wildman–Crippen MR) is 130 cm³/mol. The lowest BCUT2D eigenvalue weighted by Crippen LogP contribution is -2.23. The Bertz CT molecular complexity index is 1450. The molecular weight excluding hydrogens is 484 g/mol. The third-order valence-corrected chi connectivity index (χ3v) is 5.73. The largest absolute Gasteiger partial charge is 0.457 e. The van der Waals surface area contributed by atoms with Gasteiger partial charge in [0.05, 0.1) is 11.4 Å². The van der Waals surface area contributed by atoms with E-state index in [0.29, 0.717) is 22.9 Å². The zero-order valence-corrected chi connectivity index (χ0v) is 19.5. The number of hydrogen-bond donors (Lipinski definition) is 1. The van der Waals surface area contributed by atoms with E-state index in [4.69, 9.17) is 4.42 Å². The summed E-state index contributed by atoms with van der Waals surface area (Å²) in [5.41, 5.74) is 1.64. The van der Waals surface area contributed by atoms with E-state index in [1.54, 1.807) is 42.9 Å². The van der Waals surface area contributed by atoms with Crippen LogP contribution in [0.15, 0.2) is 86.0 Å². The number of furan rings is 1. The molecule has 4 rings (SSSR count). The number of amides is 1. The Morgan fingerprint density at radius 1 is 1.09 bits per heavy atom. The van der Waals surface area contributed by atoms with E-state index in [9.17, 15) is 14.9 Å². The predicted octanol–water partition coefficient (Wildman–Crippen LogP) is 5.05. The van der Waals surface area contributed by atoms with Crippen molar-refractivity contribution < 1.29 is 9.21 Å². The minimum Gasteiger partial charge on any atom is -0.457 e. The highest BCUT2D eigenvalue weighted by molar-refractivity contribution is 9.10. The minimum absolute atomic E-state index is 0.113. The number of anilines is 1. The number of halogens is 1. The summed E-state index contributed by atoms with van der Waals surface area (Å²) in [5.74, 6) is 0.271. The van der Waals surface area contributed by atoms with E-state index in [2.05, 4.69) is 21.2 Å². The fourth-order valence-corrected chi connectivity index (χ4v) is 3.65. The van der Waals surface area contributed by atoms with Crippen LogP contribution in [0.1, 0.15) is 11.5 Å². The maximum absolute atomic E-state index is 13.0. The van der Waals surface area contributed by atoms with Gasteiger partial charge in [-0.1, -0.05) is 46.3 Å². The van der Waals surface area contributed by atoms with E-state index in [1.165, 1.54) is 10.8 Å². The quantitative estimate of drug-likeness (QED) is 0.305. The number of nitriles is 1. The highest BCUT2D eigenvalue weighted by Gasteiger charge is 2.20. The molecule has 8 heteroatoms. The SMILES string of the molecule is Cc1c(NC(=O)C(C#N)=Cc2ccc(-c3ccc(Br)cc3)o2)c(=O)n(-c2ccccc2)n1C. The van der Waals surface area contributed by atoms with Gasteiger partial charge in [-0.25, -0.2) is 4.68 Å². The molecule has 0 atom stereocenters. The molecule has 0 saturated carbocycles. The number of aromatic nitrogens is 2. The summed E-state index contributed by atoms with van der Waals surface area (Å²) in [6, 6.07) is 22.0. The summed E-state index contributed by atoms with van der Waals surface area (Å²) >= 11 is 3.39. The molecule has 1 N–H and O–H groups in total. The van der Waals surface area contributed by atoms with Crippen molar-refractivity contribution in [2.45, 2.75) is 6.92 Å². The second kappa shape index (κ2) is 9.18. The van der Waals surface area contributed by atoms with Gasteiger partial charge in [0.15, 0.2) is 0 Å². The Labute approximate surface area is 198 Å². The molecule has 164 valence electrons. The van der Waals surface area contributed by atoms with Crippen molar-refractivity contribution in [1.82, 2.24) is 9.36 Å². The number of nitrogens with zero attached hydrogens (tertiary/aromatic N) is 3. The molecule has 0 unspecified atom stereocenters. The molecule has 0 aliphatic carbocycles. The Kier molecular flexibility index (Phi) is 6.16. The maximum Gasteiger partial charge on any atom is 0.295 e. The number of rotatable bonds is 5. The molecule has 4 aromatic rings. The second-order valence-corrected chi connectivity index (χ2v) is 8.19. The smallest absolute Gasteiger partial charge is 0.295 e. The fraction of sp³-hybridized carbons (Fsp3) is 0.0800. The van der Waals surface area contributed by atoms with Gasteiger partial charge in [-0.3, -0.25) is 14.3 Å². The maximum atomic E-state index is 13.0. The fourth-order valence-electron chi connectivity index (χ4n) is 3.38. The molecule has 0 spiro atoms. The van der Waals surface area contributed by atoms with Crippen LogP contribution in [0.2, 0.25) is 0 Å². The van der Waals surface area contributed by atoms with Gasteiger partial charge >= 0.3 is 0 Å². The molecule has 2 aromatic carbocycles. The standard InChI is InChI=1S/C25H19BrN4O3/c1-16-23(25(32)30(29(16)2)20-6-4-3-5-7-20)28-24(31)18(15-27)14-21-12-13-22(33-21)17-8-10-19(26)11-9-17/h3-14H,1-2H3,(H,28,31). The molecular formula is C25H19BrN4O3. The first-order valence-corrected chi connectivity index (χ1v) is 10.8. The average Bonchev–Trinajstić information content (AvgIpc) is 3.37. The Balaban J connectivity index is 1.61. The van der Waals surface area contributed by atoms with Gasteiger partial charge in [-0.15, -0.1) is 0 Å². The van der Waals surface area contributed by atoms with Crippen LogP contribution in [0.4, 0.5) is 5.69 Å². The molecule has 1 amide bonds. The third kappa shape index (κ3) is 4.45. The summed E-state index contributed by atoms with van der Waals surface area (Å²) in [6.07, 6.45) is 1.35. The van der Waals surface area contributed by atoms with Crippen molar-refractivity contribution in [3.63, 3.8) is 0 Å².